The monoisotopic (exact) mass is 347 g/mol. The highest BCUT2D eigenvalue weighted by atomic mass is 35.5. The third-order valence-electron chi connectivity index (χ3n) is 2.79. The number of halogens is 2. The third-order valence-corrected chi connectivity index (χ3v) is 3.37. The van der Waals surface area contributed by atoms with Gasteiger partial charge < -0.3 is 10.6 Å². The van der Waals surface area contributed by atoms with Gasteiger partial charge in [0.1, 0.15) is 5.69 Å². The van der Waals surface area contributed by atoms with Gasteiger partial charge in [-0.2, -0.15) is 0 Å². The lowest BCUT2D eigenvalue weighted by Gasteiger charge is -2.21. The van der Waals surface area contributed by atoms with Crippen LogP contribution in [0.15, 0.2) is 41.2 Å². The summed E-state index contributed by atoms with van der Waals surface area (Å²) >= 11 is 1.43. The summed E-state index contributed by atoms with van der Waals surface area (Å²) in [7, 11) is 0. The quantitative estimate of drug-likeness (QED) is 0.873. The van der Waals surface area contributed by atoms with Crippen LogP contribution in [0, 0.1) is 0 Å². The molecule has 0 aliphatic rings. The highest BCUT2D eigenvalue weighted by Gasteiger charge is 2.17. The summed E-state index contributed by atoms with van der Waals surface area (Å²) in [6, 6.07) is 9.96. The molecule has 1 heterocycles. The van der Waals surface area contributed by atoms with E-state index in [1.54, 1.807) is 15.8 Å². The van der Waals surface area contributed by atoms with Crippen LogP contribution < -0.4 is 5.73 Å². The molecule has 1 aromatic carbocycles. The summed E-state index contributed by atoms with van der Waals surface area (Å²) < 4.78 is 0. The minimum Gasteiger partial charge on any atom is -0.333 e. The number of rotatable bonds is 6. The molecule has 0 saturated heterocycles. The maximum Gasteiger partial charge on any atom is 0.273 e. The maximum absolute atomic E-state index is 12.3. The van der Waals surface area contributed by atoms with Crippen molar-refractivity contribution in [3.63, 3.8) is 0 Å². The minimum atomic E-state index is -0.0291. The van der Waals surface area contributed by atoms with Gasteiger partial charge in [0.2, 0.25) is 0 Å². The number of nitrogens with zero attached hydrogens (tertiary/aromatic N) is 2. The Hall–Kier alpha value is -1.14. The van der Waals surface area contributed by atoms with Gasteiger partial charge in [-0.3, -0.25) is 4.79 Å². The van der Waals surface area contributed by atoms with E-state index in [9.17, 15) is 4.79 Å². The van der Waals surface area contributed by atoms with E-state index in [4.69, 9.17) is 5.73 Å². The fourth-order valence-electron chi connectivity index (χ4n) is 1.82. The molecule has 2 aromatic rings. The summed E-state index contributed by atoms with van der Waals surface area (Å²) in [5.74, 6) is -0.0291. The second-order valence-corrected chi connectivity index (χ2v) is 4.95. The number of carbonyl (C=O) groups is 1. The first-order valence-corrected chi connectivity index (χ1v) is 7.17. The Balaban J connectivity index is 0.00000200. The van der Waals surface area contributed by atoms with Crippen molar-refractivity contribution in [3.05, 3.63) is 52.5 Å². The highest BCUT2D eigenvalue weighted by Crippen LogP contribution is 2.11. The Labute approximate surface area is 141 Å². The van der Waals surface area contributed by atoms with E-state index in [0.717, 1.165) is 12.0 Å². The molecule has 116 valence electrons. The lowest BCUT2D eigenvalue weighted by Crippen LogP contribution is -2.32. The molecule has 0 aliphatic heterocycles. The highest BCUT2D eigenvalue weighted by molar-refractivity contribution is 7.07. The van der Waals surface area contributed by atoms with Gasteiger partial charge in [-0.1, -0.05) is 30.3 Å². The van der Waals surface area contributed by atoms with E-state index < -0.39 is 0 Å². The van der Waals surface area contributed by atoms with Crippen molar-refractivity contribution in [1.29, 1.82) is 0 Å². The van der Waals surface area contributed by atoms with Gasteiger partial charge in [0.05, 0.1) is 5.51 Å². The Morgan fingerprint density at radius 3 is 2.52 bits per heavy atom. The fourth-order valence-corrected chi connectivity index (χ4v) is 2.34. The number of amides is 1. The lowest BCUT2D eigenvalue weighted by atomic mass is 10.2. The summed E-state index contributed by atoms with van der Waals surface area (Å²) in [6.45, 7) is 1.83. The number of benzene rings is 1. The number of carbonyl (C=O) groups excluding carboxylic acids is 1. The van der Waals surface area contributed by atoms with Gasteiger partial charge in [-0.25, -0.2) is 4.98 Å². The third kappa shape index (κ3) is 6.01. The van der Waals surface area contributed by atoms with Gasteiger partial charge in [0, 0.05) is 18.5 Å². The first kappa shape index (κ1) is 19.9. The SMILES string of the molecule is Cl.Cl.NCCCN(Cc1ccccc1)C(=O)c1cscn1. The maximum atomic E-state index is 12.3. The van der Waals surface area contributed by atoms with Crippen LogP contribution in [0.3, 0.4) is 0 Å². The topological polar surface area (TPSA) is 59.2 Å². The first-order valence-electron chi connectivity index (χ1n) is 6.22. The van der Waals surface area contributed by atoms with Crippen molar-refractivity contribution in [2.75, 3.05) is 13.1 Å². The zero-order valence-corrected chi connectivity index (χ0v) is 13.9. The molecule has 0 spiro atoms. The van der Waals surface area contributed by atoms with E-state index in [1.165, 1.54) is 11.3 Å². The molecule has 1 aromatic heterocycles. The Kier molecular flexibility index (Phi) is 9.99. The predicted octanol–water partition coefficient (Wildman–Crippen LogP) is 2.98. The summed E-state index contributed by atoms with van der Waals surface area (Å²) in [5.41, 5.74) is 8.84. The molecule has 4 nitrogen and oxygen atoms in total. The van der Waals surface area contributed by atoms with Gasteiger partial charge in [-0.05, 0) is 18.5 Å². The van der Waals surface area contributed by atoms with Crippen LogP contribution in [-0.4, -0.2) is 28.9 Å². The number of hydrogen-bond donors (Lipinski definition) is 1. The number of thiazole rings is 1. The van der Waals surface area contributed by atoms with Crippen LogP contribution in [0.5, 0.6) is 0 Å². The summed E-state index contributed by atoms with van der Waals surface area (Å²) in [5, 5.41) is 1.78. The Bertz CT molecular complexity index is 508. The van der Waals surface area contributed by atoms with E-state index >= 15 is 0 Å². The Morgan fingerprint density at radius 2 is 1.95 bits per heavy atom. The largest absolute Gasteiger partial charge is 0.333 e. The molecule has 7 heteroatoms. The standard InChI is InChI=1S/C14H17N3OS.2ClH/c15-7-4-8-17(9-12-5-2-1-3-6-12)14(18)13-10-19-11-16-13;;/h1-3,5-6,10-11H,4,7-9,15H2;2*1H. The normalized spacial score (nSPS) is 9.38. The second-order valence-electron chi connectivity index (χ2n) is 4.23. The summed E-state index contributed by atoms with van der Waals surface area (Å²) in [6.07, 6.45) is 0.794. The zero-order chi connectivity index (χ0) is 13.5. The van der Waals surface area contributed by atoms with Crippen LogP contribution in [-0.2, 0) is 6.54 Å². The second kappa shape index (κ2) is 10.6. The lowest BCUT2D eigenvalue weighted by molar-refractivity contribution is 0.0737. The minimum absolute atomic E-state index is 0. The van der Waals surface area contributed by atoms with Crippen LogP contribution in [0.25, 0.3) is 0 Å². The molecule has 0 saturated carbocycles. The van der Waals surface area contributed by atoms with Crippen LogP contribution in [0.4, 0.5) is 0 Å². The van der Waals surface area contributed by atoms with Crippen molar-refractivity contribution in [2.24, 2.45) is 5.73 Å². The smallest absolute Gasteiger partial charge is 0.273 e. The van der Waals surface area contributed by atoms with Gasteiger partial charge >= 0.3 is 0 Å². The number of hydrogen-bond acceptors (Lipinski definition) is 4. The molecular weight excluding hydrogens is 329 g/mol. The molecule has 0 bridgehead atoms. The van der Waals surface area contributed by atoms with Crippen LogP contribution in [0.2, 0.25) is 0 Å². The molecular formula is C14H19Cl2N3OS. The summed E-state index contributed by atoms with van der Waals surface area (Å²) in [4.78, 5) is 18.2. The van der Waals surface area contributed by atoms with Crippen molar-refractivity contribution >= 4 is 42.1 Å². The van der Waals surface area contributed by atoms with E-state index in [2.05, 4.69) is 4.98 Å². The fraction of sp³-hybridized carbons (Fsp3) is 0.286. The molecule has 0 atom stereocenters. The molecule has 21 heavy (non-hydrogen) atoms. The van der Waals surface area contributed by atoms with E-state index in [1.807, 2.05) is 30.3 Å². The molecule has 1 amide bonds. The van der Waals surface area contributed by atoms with Crippen molar-refractivity contribution in [1.82, 2.24) is 9.88 Å². The van der Waals surface area contributed by atoms with Gasteiger partial charge in [0.25, 0.3) is 5.91 Å². The van der Waals surface area contributed by atoms with E-state index in [-0.39, 0.29) is 30.7 Å². The van der Waals surface area contributed by atoms with E-state index in [0.29, 0.717) is 25.3 Å². The molecule has 0 unspecified atom stereocenters. The molecule has 2 N–H and O–H groups in total. The van der Waals surface area contributed by atoms with Crippen molar-refractivity contribution in [2.45, 2.75) is 13.0 Å². The molecule has 0 radical (unpaired) electrons. The van der Waals surface area contributed by atoms with Crippen LogP contribution in [0.1, 0.15) is 22.5 Å². The molecule has 2 rings (SSSR count). The zero-order valence-electron chi connectivity index (χ0n) is 11.5. The average Bonchev–Trinajstić information content (AvgIpc) is 2.98. The Morgan fingerprint density at radius 1 is 1.24 bits per heavy atom. The van der Waals surface area contributed by atoms with Crippen molar-refractivity contribution in [3.8, 4) is 0 Å². The number of aromatic nitrogens is 1. The number of nitrogens with two attached hydrogens (primary N) is 1. The first-order chi connectivity index (χ1) is 9.31. The van der Waals surface area contributed by atoms with Crippen LogP contribution >= 0.6 is 36.2 Å². The van der Waals surface area contributed by atoms with Crippen molar-refractivity contribution < 1.29 is 4.79 Å². The average molecular weight is 348 g/mol. The molecule has 0 fully saturated rings. The predicted molar refractivity (Wildman–Crippen MR) is 91.5 cm³/mol. The molecule has 0 aliphatic carbocycles. The van der Waals surface area contributed by atoms with Gasteiger partial charge in [-0.15, -0.1) is 36.2 Å². The van der Waals surface area contributed by atoms with Gasteiger partial charge in [0.15, 0.2) is 0 Å².